The number of hydrogen-bond acceptors (Lipinski definition) is 2. The number of aryl methyl sites for hydroxylation is 1. The van der Waals surface area contributed by atoms with E-state index in [4.69, 9.17) is 0 Å². The molecule has 1 saturated heterocycles. The summed E-state index contributed by atoms with van der Waals surface area (Å²) < 4.78 is 40.5. The fraction of sp³-hybridized carbons (Fsp3) is 0.368. The molecule has 0 aliphatic carbocycles. The maximum absolute atomic E-state index is 13.5. The van der Waals surface area contributed by atoms with Crippen LogP contribution in [0.15, 0.2) is 53.4 Å². The number of nitrogens with zero attached hydrogens (tertiary/aromatic N) is 1. The van der Waals surface area contributed by atoms with Crippen LogP contribution >= 0.6 is 0 Å². The molecule has 0 N–H and O–H groups in total. The van der Waals surface area contributed by atoms with Crippen LogP contribution in [0.5, 0.6) is 0 Å². The standard InChI is InChI=1S/C19H22FNO2S/c1-15-7-8-18(20)14-19(15)24(22,23)21-11-9-17(10-12-21)13-16-5-3-2-4-6-16/h2-8,14,17H,9-13H2,1H3. The highest BCUT2D eigenvalue weighted by atomic mass is 32.2. The SMILES string of the molecule is Cc1ccc(F)cc1S(=O)(=O)N1CCC(Cc2ccccc2)CC1. The second-order valence-corrected chi connectivity index (χ2v) is 8.35. The van der Waals surface area contributed by atoms with Crippen molar-refractivity contribution in [2.24, 2.45) is 5.92 Å². The maximum atomic E-state index is 13.5. The van der Waals surface area contributed by atoms with Gasteiger partial charge < -0.3 is 0 Å². The van der Waals surface area contributed by atoms with Crippen LogP contribution in [0.1, 0.15) is 24.0 Å². The average Bonchev–Trinajstić information content (AvgIpc) is 2.58. The topological polar surface area (TPSA) is 37.4 Å². The van der Waals surface area contributed by atoms with Gasteiger partial charge in [0.1, 0.15) is 5.82 Å². The van der Waals surface area contributed by atoms with Gasteiger partial charge in [-0.25, -0.2) is 12.8 Å². The summed E-state index contributed by atoms with van der Waals surface area (Å²) >= 11 is 0. The van der Waals surface area contributed by atoms with Crippen LogP contribution in [0.2, 0.25) is 0 Å². The van der Waals surface area contributed by atoms with E-state index in [-0.39, 0.29) is 4.90 Å². The molecule has 128 valence electrons. The lowest BCUT2D eigenvalue weighted by molar-refractivity contribution is 0.272. The zero-order valence-corrected chi connectivity index (χ0v) is 14.6. The molecule has 0 atom stereocenters. The number of sulfonamides is 1. The lowest BCUT2D eigenvalue weighted by Crippen LogP contribution is -2.39. The summed E-state index contributed by atoms with van der Waals surface area (Å²) in [6, 6.07) is 14.2. The van der Waals surface area contributed by atoms with Crippen LogP contribution in [0.25, 0.3) is 0 Å². The minimum absolute atomic E-state index is 0.0870. The molecule has 1 aliphatic heterocycles. The third-order valence-corrected chi connectivity index (χ3v) is 6.75. The Bertz CT molecular complexity index is 797. The average molecular weight is 347 g/mol. The van der Waals surface area contributed by atoms with E-state index in [1.807, 2.05) is 18.2 Å². The van der Waals surface area contributed by atoms with Gasteiger partial charge in [0, 0.05) is 13.1 Å². The number of rotatable bonds is 4. The van der Waals surface area contributed by atoms with Crippen LogP contribution in [0.4, 0.5) is 4.39 Å². The molecule has 1 fully saturated rings. The highest BCUT2D eigenvalue weighted by Gasteiger charge is 2.30. The molecule has 0 radical (unpaired) electrons. The van der Waals surface area contributed by atoms with E-state index >= 15 is 0 Å². The fourth-order valence-corrected chi connectivity index (χ4v) is 5.00. The van der Waals surface area contributed by atoms with E-state index in [0.717, 1.165) is 25.3 Å². The molecule has 0 bridgehead atoms. The van der Waals surface area contributed by atoms with Crippen molar-refractivity contribution >= 4 is 10.0 Å². The third kappa shape index (κ3) is 3.68. The lowest BCUT2D eigenvalue weighted by atomic mass is 9.91. The van der Waals surface area contributed by atoms with Crippen molar-refractivity contribution in [1.82, 2.24) is 4.31 Å². The Morgan fingerprint density at radius 1 is 1.08 bits per heavy atom. The molecular weight excluding hydrogens is 325 g/mol. The minimum atomic E-state index is -3.62. The Kier molecular flexibility index (Phi) is 5.01. The Morgan fingerprint density at radius 3 is 2.42 bits per heavy atom. The highest BCUT2D eigenvalue weighted by Crippen LogP contribution is 2.27. The van der Waals surface area contributed by atoms with Gasteiger partial charge in [0.05, 0.1) is 4.90 Å². The number of piperidine rings is 1. The fourth-order valence-electron chi connectivity index (χ4n) is 3.29. The second-order valence-electron chi connectivity index (χ2n) is 6.45. The lowest BCUT2D eigenvalue weighted by Gasteiger charge is -2.31. The molecule has 0 unspecified atom stereocenters. The van der Waals surface area contributed by atoms with Crippen LogP contribution in [0.3, 0.4) is 0 Å². The molecule has 0 amide bonds. The molecule has 0 saturated carbocycles. The van der Waals surface area contributed by atoms with E-state index in [2.05, 4.69) is 12.1 Å². The summed E-state index contributed by atoms with van der Waals surface area (Å²) in [4.78, 5) is 0.0870. The van der Waals surface area contributed by atoms with Gasteiger partial charge in [0.15, 0.2) is 0 Å². The third-order valence-electron chi connectivity index (χ3n) is 4.71. The Morgan fingerprint density at radius 2 is 1.75 bits per heavy atom. The first kappa shape index (κ1) is 17.1. The van der Waals surface area contributed by atoms with Crippen LogP contribution in [-0.4, -0.2) is 25.8 Å². The molecule has 0 spiro atoms. The predicted molar refractivity (Wildman–Crippen MR) is 92.8 cm³/mol. The summed E-state index contributed by atoms with van der Waals surface area (Å²) in [5.41, 5.74) is 1.88. The molecule has 3 nitrogen and oxygen atoms in total. The molecule has 2 aromatic rings. The van der Waals surface area contributed by atoms with E-state index in [1.54, 1.807) is 6.92 Å². The monoisotopic (exact) mass is 347 g/mol. The molecule has 0 aromatic heterocycles. The molecule has 5 heteroatoms. The van der Waals surface area contributed by atoms with Gasteiger partial charge in [-0.3, -0.25) is 0 Å². The van der Waals surface area contributed by atoms with Crippen molar-refractivity contribution in [3.05, 3.63) is 65.5 Å². The quantitative estimate of drug-likeness (QED) is 0.844. The summed E-state index contributed by atoms with van der Waals surface area (Å²) in [6.45, 7) is 2.69. The van der Waals surface area contributed by atoms with Crippen LogP contribution in [-0.2, 0) is 16.4 Å². The summed E-state index contributed by atoms with van der Waals surface area (Å²) in [7, 11) is -3.62. The van der Waals surface area contributed by atoms with Gasteiger partial charge in [-0.2, -0.15) is 4.31 Å². The van der Waals surface area contributed by atoms with Gasteiger partial charge >= 0.3 is 0 Å². The predicted octanol–water partition coefficient (Wildman–Crippen LogP) is 3.78. The molecule has 1 heterocycles. The van der Waals surface area contributed by atoms with Gasteiger partial charge in [-0.1, -0.05) is 36.4 Å². The van der Waals surface area contributed by atoms with Crippen molar-refractivity contribution < 1.29 is 12.8 Å². The first-order chi connectivity index (χ1) is 11.5. The largest absolute Gasteiger partial charge is 0.243 e. The van der Waals surface area contributed by atoms with Gasteiger partial charge in [0.25, 0.3) is 0 Å². The van der Waals surface area contributed by atoms with Crippen molar-refractivity contribution in [2.45, 2.75) is 31.1 Å². The van der Waals surface area contributed by atoms with Gasteiger partial charge in [-0.15, -0.1) is 0 Å². The van der Waals surface area contributed by atoms with E-state index in [0.29, 0.717) is 24.6 Å². The van der Waals surface area contributed by atoms with Gasteiger partial charge in [0.2, 0.25) is 10.0 Å². The zero-order valence-electron chi connectivity index (χ0n) is 13.8. The summed E-state index contributed by atoms with van der Waals surface area (Å²) in [6.07, 6.45) is 2.65. The second kappa shape index (κ2) is 7.03. The van der Waals surface area contributed by atoms with Crippen molar-refractivity contribution in [3.63, 3.8) is 0 Å². The van der Waals surface area contributed by atoms with Crippen molar-refractivity contribution in [3.8, 4) is 0 Å². The summed E-state index contributed by atoms with van der Waals surface area (Å²) in [5, 5.41) is 0. The Balaban J connectivity index is 1.68. The Labute approximate surface area is 143 Å². The first-order valence-corrected chi connectivity index (χ1v) is 9.71. The van der Waals surface area contributed by atoms with Crippen molar-refractivity contribution in [1.29, 1.82) is 0 Å². The minimum Gasteiger partial charge on any atom is -0.207 e. The highest BCUT2D eigenvalue weighted by molar-refractivity contribution is 7.89. The van der Waals surface area contributed by atoms with Crippen LogP contribution in [0, 0.1) is 18.7 Å². The number of halogens is 1. The molecule has 3 rings (SSSR count). The van der Waals surface area contributed by atoms with E-state index in [1.165, 1.54) is 22.0 Å². The molecular formula is C19H22FNO2S. The molecule has 1 aliphatic rings. The zero-order chi connectivity index (χ0) is 17.2. The number of hydrogen-bond donors (Lipinski definition) is 0. The summed E-state index contributed by atoms with van der Waals surface area (Å²) in [5.74, 6) is -0.0226. The van der Waals surface area contributed by atoms with E-state index < -0.39 is 15.8 Å². The smallest absolute Gasteiger partial charge is 0.207 e. The first-order valence-electron chi connectivity index (χ1n) is 8.27. The molecule has 2 aromatic carbocycles. The molecule has 24 heavy (non-hydrogen) atoms. The normalized spacial score (nSPS) is 17.1. The maximum Gasteiger partial charge on any atom is 0.243 e. The van der Waals surface area contributed by atoms with E-state index in [9.17, 15) is 12.8 Å². The van der Waals surface area contributed by atoms with Crippen LogP contribution < -0.4 is 0 Å². The Hall–Kier alpha value is -1.72. The van der Waals surface area contributed by atoms with Crippen molar-refractivity contribution in [2.75, 3.05) is 13.1 Å². The number of benzene rings is 2. The van der Waals surface area contributed by atoms with Gasteiger partial charge in [-0.05, 0) is 55.4 Å².